The number of hydrogen-bond donors (Lipinski definition) is 1. The Kier molecular flexibility index (Phi) is 4.00. The molecule has 1 rings (SSSR count). The SMILES string of the molecule is CCCCc1c(CC)n(C(C)(C)C)[nH]c1=O. The lowest BCUT2D eigenvalue weighted by Crippen LogP contribution is -2.26. The van der Waals surface area contributed by atoms with Crippen molar-refractivity contribution in [3.63, 3.8) is 0 Å². The highest BCUT2D eigenvalue weighted by Gasteiger charge is 2.21. The number of rotatable bonds is 4. The highest BCUT2D eigenvalue weighted by Crippen LogP contribution is 2.18. The van der Waals surface area contributed by atoms with Crippen LogP contribution in [-0.4, -0.2) is 9.78 Å². The third-order valence-electron chi connectivity index (χ3n) is 2.89. The number of H-pyrrole nitrogens is 1. The number of hydrogen-bond acceptors (Lipinski definition) is 1. The summed E-state index contributed by atoms with van der Waals surface area (Å²) in [6.07, 6.45) is 4.03. The van der Waals surface area contributed by atoms with Crippen LogP contribution in [0.1, 0.15) is 58.7 Å². The Labute approximate surface area is 97.8 Å². The number of nitrogens with one attached hydrogen (secondary N) is 1. The smallest absolute Gasteiger partial charge is 0.267 e. The molecule has 0 aliphatic rings. The summed E-state index contributed by atoms with van der Waals surface area (Å²) in [5, 5.41) is 2.97. The molecule has 0 aliphatic heterocycles. The summed E-state index contributed by atoms with van der Waals surface area (Å²) in [6, 6.07) is 0. The van der Waals surface area contributed by atoms with Gasteiger partial charge in [-0.25, -0.2) is 0 Å². The molecular formula is C13H24N2O. The molecule has 0 fully saturated rings. The van der Waals surface area contributed by atoms with Gasteiger partial charge in [0.2, 0.25) is 0 Å². The van der Waals surface area contributed by atoms with E-state index in [4.69, 9.17) is 0 Å². The highest BCUT2D eigenvalue weighted by molar-refractivity contribution is 5.19. The molecule has 0 unspecified atom stereocenters. The van der Waals surface area contributed by atoms with Gasteiger partial charge in [0.15, 0.2) is 0 Å². The summed E-state index contributed by atoms with van der Waals surface area (Å²) in [6.45, 7) is 10.6. The van der Waals surface area contributed by atoms with Crippen LogP contribution in [-0.2, 0) is 18.4 Å². The molecule has 0 saturated carbocycles. The molecule has 1 heterocycles. The van der Waals surface area contributed by atoms with E-state index in [0.717, 1.165) is 31.2 Å². The fourth-order valence-corrected chi connectivity index (χ4v) is 2.06. The zero-order valence-corrected chi connectivity index (χ0v) is 11.2. The van der Waals surface area contributed by atoms with E-state index in [-0.39, 0.29) is 11.1 Å². The molecule has 3 nitrogen and oxygen atoms in total. The quantitative estimate of drug-likeness (QED) is 0.839. The molecule has 1 aromatic rings. The molecular weight excluding hydrogens is 200 g/mol. The summed E-state index contributed by atoms with van der Waals surface area (Å²) in [4.78, 5) is 11.9. The van der Waals surface area contributed by atoms with E-state index in [1.807, 2.05) is 4.68 Å². The van der Waals surface area contributed by atoms with Crippen molar-refractivity contribution in [2.75, 3.05) is 0 Å². The first kappa shape index (κ1) is 13.1. The van der Waals surface area contributed by atoms with Gasteiger partial charge in [-0.3, -0.25) is 14.6 Å². The average Bonchev–Trinajstić information content (AvgIpc) is 2.51. The van der Waals surface area contributed by atoms with E-state index in [1.165, 1.54) is 5.69 Å². The second-order valence-electron chi connectivity index (χ2n) is 5.33. The normalized spacial score (nSPS) is 12.1. The van der Waals surface area contributed by atoms with Crippen LogP contribution in [0.25, 0.3) is 0 Å². The number of aromatic amines is 1. The van der Waals surface area contributed by atoms with Crippen LogP contribution in [0.15, 0.2) is 4.79 Å². The van der Waals surface area contributed by atoms with E-state index in [9.17, 15) is 4.79 Å². The van der Waals surface area contributed by atoms with E-state index in [1.54, 1.807) is 0 Å². The van der Waals surface area contributed by atoms with Gasteiger partial charge in [0.25, 0.3) is 5.56 Å². The van der Waals surface area contributed by atoms with E-state index in [2.05, 4.69) is 39.7 Å². The topological polar surface area (TPSA) is 37.8 Å². The fraction of sp³-hybridized carbons (Fsp3) is 0.769. The van der Waals surface area contributed by atoms with Crippen molar-refractivity contribution < 1.29 is 0 Å². The Hall–Kier alpha value is -0.990. The van der Waals surface area contributed by atoms with Crippen molar-refractivity contribution in [1.29, 1.82) is 0 Å². The maximum Gasteiger partial charge on any atom is 0.267 e. The predicted molar refractivity (Wildman–Crippen MR) is 68.0 cm³/mol. The van der Waals surface area contributed by atoms with Gasteiger partial charge in [-0.1, -0.05) is 20.3 Å². The number of aromatic nitrogens is 2. The van der Waals surface area contributed by atoms with Crippen LogP contribution in [0.3, 0.4) is 0 Å². The molecule has 3 heteroatoms. The molecule has 1 aromatic heterocycles. The minimum atomic E-state index is -0.0467. The van der Waals surface area contributed by atoms with E-state index < -0.39 is 0 Å². The van der Waals surface area contributed by atoms with Crippen molar-refractivity contribution in [3.8, 4) is 0 Å². The van der Waals surface area contributed by atoms with Crippen molar-refractivity contribution in [2.45, 2.75) is 65.8 Å². The van der Waals surface area contributed by atoms with Gasteiger partial charge in [0.05, 0.1) is 5.54 Å². The van der Waals surface area contributed by atoms with Gasteiger partial charge >= 0.3 is 0 Å². The zero-order valence-electron chi connectivity index (χ0n) is 11.2. The van der Waals surface area contributed by atoms with E-state index in [0.29, 0.717) is 0 Å². The van der Waals surface area contributed by atoms with Crippen LogP contribution in [0.2, 0.25) is 0 Å². The summed E-state index contributed by atoms with van der Waals surface area (Å²) in [5.41, 5.74) is 2.21. The monoisotopic (exact) mass is 224 g/mol. The summed E-state index contributed by atoms with van der Waals surface area (Å²) in [7, 11) is 0. The van der Waals surface area contributed by atoms with Gasteiger partial charge in [-0.05, 0) is 40.0 Å². The zero-order chi connectivity index (χ0) is 12.3. The van der Waals surface area contributed by atoms with Crippen LogP contribution in [0.5, 0.6) is 0 Å². The lowest BCUT2D eigenvalue weighted by molar-refractivity contribution is 0.342. The molecule has 16 heavy (non-hydrogen) atoms. The Morgan fingerprint density at radius 2 is 1.88 bits per heavy atom. The molecule has 92 valence electrons. The second kappa shape index (κ2) is 4.89. The van der Waals surface area contributed by atoms with Crippen LogP contribution < -0.4 is 5.56 Å². The predicted octanol–water partition coefficient (Wildman–Crippen LogP) is 2.84. The minimum Gasteiger partial charge on any atom is -0.284 e. The Morgan fingerprint density at radius 3 is 2.31 bits per heavy atom. The first-order chi connectivity index (χ1) is 7.41. The lowest BCUT2D eigenvalue weighted by atomic mass is 10.0. The Bertz CT molecular complexity index is 393. The summed E-state index contributed by atoms with van der Waals surface area (Å²) in [5.74, 6) is 0. The third-order valence-corrected chi connectivity index (χ3v) is 2.89. The van der Waals surface area contributed by atoms with E-state index >= 15 is 0 Å². The molecule has 0 amide bonds. The highest BCUT2D eigenvalue weighted by atomic mass is 16.1. The van der Waals surface area contributed by atoms with Gasteiger partial charge in [0.1, 0.15) is 0 Å². The molecule has 0 spiro atoms. The first-order valence-corrected chi connectivity index (χ1v) is 6.25. The largest absolute Gasteiger partial charge is 0.284 e. The van der Waals surface area contributed by atoms with Crippen molar-refractivity contribution in [2.24, 2.45) is 0 Å². The maximum absolute atomic E-state index is 11.9. The van der Waals surface area contributed by atoms with Crippen molar-refractivity contribution in [3.05, 3.63) is 21.6 Å². The van der Waals surface area contributed by atoms with Crippen LogP contribution in [0, 0.1) is 0 Å². The molecule has 0 saturated heterocycles. The van der Waals surface area contributed by atoms with Gasteiger partial charge < -0.3 is 0 Å². The number of nitrogens with zero attached hydrogens (tertiary/aromatic N) is 1. The average molecular weight is 224 g/mol. The first-order valence-electron chi connectivity index (χ1n) is 6.25. The van der Waals surface area contributed by atoms with Gasteiger partial charge in [-0.2, -0.15) is 0 Å². The van der Waals surface area contributed by atoms with Crippen molar-refractivity contribution >= 4 is 0 Å². The lowest BCUT2D eigenvalue weighted by Gasteiger charge is -2.23. The Balaban J connectivity index is 3.19. The third kappa shape index (κ3) is 2.57. The summed E-state index contributed by atoms with van der Waals surface area (Å²) >= 11 is 0. The molecule has 0 bridgehead atoms. The minimum absolute atomic E-state index is 0.0467. The molecule has 0 aromatic carbocycles. The molecule has 0 atom stereocenters. The molecule has 0 radical (unpaired) electrons. The van der Waals surface area contributed by atoms with Gasteiger partial charge in [0, 0.05) is 11.3 Å². The van der Waals surface area contributed by atoms with Crippen LogP contribution in [0.4, 0.5) is 0 Å². The van der Waals surface area contributed by atoms with Gasteiger partial charge in [-0.15, -0.1) is 0 Å². The standard InChI is InChI=1S/C13H24N2O/c1-6-8-9-10-11(7-2)15(13(3,4)5)14-12(10)16/h6-9H2,1-5H3,(H,14,16). The second-order valence-corrected chi connectivity index (χ2v) is 5.33. The molecule has 1 N–H and O–H groups in total. The fourth-order valence-electron chi connectivity index (χ4n) is 2.06. The van der Waals surface area contributed by atoms with Crippen LogP contribution >= 0.6 is 0 Å². The number of unbranched alkanes of at least 4 members (excludes halogenated alkanes) is 1. The molecule has 0 aliphatic carbocycles. The summed E-state index contributed by atoms with van der Waals surface area (Å²) < 4.78 is 2.03. The van der Waals surface area contributed by atoms with Crippen molar-refractivity contribution in [1.82, 2.24) is 9.78 Å². The maximum atomic E-state index is 11.9. The Morgan fingerprint density at radius 1 is 1.25 bits per heavy atom.